The SMILES string of the molecule is O=C(COC(=O)c1cccc(F)c1)Nc1ccc(Cl)c(C(F)(F)F)c1. The Labute approximate surface area is 144 Å². The number of benzene rings is 2. The van der Waals surface area contributed by atoms with E-state index >= 15 is 0 Å². The molecule has 0 atom stereocenters. The standard InChI is InChI=1S/C16H10ClF4NO3/c17-13-5-4-11(7-12(13)16(19,20)21)22-14(23)8-25-15(24)9-2-1-3-10(18)6-9/h1-7H,8H2,(H,22,23). The van der Waals surface area contributed by atoms with Gasteiger partial charge in [-0.15, -0.1) is 0 Å². The van der Waals surface area contributed by atoms with Gasteiger partial charge in [0.2, 0.25) is 0 Å². The molecule has 2 aromatic carbocycles. The van der Waals surface area contributed by atoms with Gasteiger partial charge in [-0.3, -0.25) is 4.79 Å². The predicted molar refractivity (Wildman–Crippen MR) is 81.8 cm³/mol. The van der Waals surface area contributed by atoms with Crippen molar-refractivity contribution in [3.05, 3.63) is 64.4 Å². The van der Waals surface area contributed by atoms with Crippen molar-refractivity contribution < 1.29 is 31.9 Å². The number of carbonyl (C=O) groups is 2. The Kier molecular flexibility index (Phi) is 5.63. The van der Waals surface area contributed by atoms with Crippen molar-refractivity contribution in [1.29, 1.82) is 0 Å². The van der Waals surface area contributed by atoms with Crippen LogP contribution in [0.3, 0.4) is 0 Å². The van der Waals surface area contributed by atoms with Gasteiger partial charge < -0.3 is 10.1 Å². The van der Waals surface area contributed by atoms with Crippen LogP contribution in [0.1, 0.15) is 15.9 Å². The highest BCUT2D eigenvalue weighted by atomic mass is 35.5. The molecule has 9 heteroatoms. The van der Waals surface area contributed by atoms with Gasteiger partial charge in [-0.2, -0.15) is 13.2 Å². The maximum Gasteiger partial charge on any atom is 0.417 e. The second-order valence-corrected chi connectivity index (χ2v) is 5.23. The molecule has 0 aliphatic rings. The van der Waals surface area contributed by atoms with Crippen molar-refractivity contribution in [1.82, 2.24) is 0 Å². The molecule has 0 saturated heterocycles. The number of hydrogen-bond donors (Lipinski definition) is 1. The number of amides is 1. The molecule has 0 saturated carbocycles. The van der Waals surface area contributed by atoms with Crippen molar-refractivity contribution in [3.8, 4) is 0 Å². The van der Waals surface area contributed by atoms with E-state index in [1.165, 1.54) is 18.2 Å². The first kappa shape index (κ1) is 18.7. The number of anilines is 1. The summed E-state index contributed by atoms with van der Waals surface area (Å²) in [5.41, 5.74) is -1.37. The Morgan fingerprint density at radius 1 is 1.12 bits per heavy atom. The van der Waals surface area contributed by atoms with E-state index in [1.807, 2.05) is 0 Å². The van der Waals surface area contributed by atoms with Gasteiger partial charge in [-0.1, -0.05) is 17.7 Å². The summed E-state index contributed by atoms with van der Waals surface area (Å²) in [6.07, 6.45) is -4.68. The van der Waals surface area contributed by atoms with Crippen molar-refractivity contribution in [2.24, 2.45) is 0 Å². The topological polar surface area (TPSA) is 55.4 Å². The third-order valence-corrected chi connectivity index (χ3v) is 3.28. The lowest BCUT2D eigenvalue weighted by molar-refractivity contribution is -0.137. The zero-order valence-corrected chi connectivity index (χ0v) is 13.1. The van der Waals surface area contributed by atoms with E-state index < -0.39 is 41.1 Å². The lowest BCUT2D eigenvalue weighted by atomic mass is 10.2. The summed E-state index contributed by atoms with van der Waals surface area (Å²) in [4.78, 5) is 23.3. The summed E-state index contributed by atoms with van der Waals surface area (Å²) in [5.74, 6) is -2.46. The molecule has 2 rings (SSSR count). The average Bonchev–Trinajstić information content (AvgIpc) is 2.53. The fraction of sp³-hybridized carbons (Fsp3) is 0.125. The van der Waals surface area contributed by atoms with Gasteiger partial charge in [0.05, 0.1) is 16.1 Å². The molecule has 25 heavy (non-hydrogen) atoms. The quantitative estimate of drug-likeness (QED) is 0.640. The van der Waals surface area contributed by atoms with Gasteiger partial charge in [0, 0.05) is 5.69 Å². The van der Waals surface area contributed by atoms with Crippen LogP contribution in [0.5, 0.6) is 0 Å². The molecule has 1 N–H and O–H groups in total. The number of hydrogen-bond acceptors (Lipinski definition) is 3. The Bertz CT molecular complexity index is 808. The van der Waals surface area contributed by atoms with Crippen LogP contribution in [-0.4, -0.2) is 18.5 Å². The van der Waals surface area contributed by atoms with E-state index in [9.17, 15) is 27.2 Å². The van der Waals surface area contributed by atoms with E-state index in [2.05, 4.69) is 10.1 Å². The van der Waals surface area contributed by atoms with Gasteiger partial charge in [-0.25, -0.2) is 9.18 Å². The zero-order valence-electron chi connectivity index (χ0n) is 12.4. The summed E-state index contributed by atoms with van der Waals surface area (Å²) < 4.78 is 55.9. The first-order valence-electron chi connectivity index (χ1n) is 6.76. The largest absolute Gasteiger partial charge is 0.452 e. The van der Waals surface area contributed by atoms with Crippen LogP contribution in [0.25, 0.3) is 0 Å². The summed E-state index contributed by atoms with van der Waals surface area (Å²) >= 11 is 5.47. The number of ether oxygens (including phenoxy) is 1. The second-order valence-electron chi connectivity index (χ2n) is 4.83. The summed E-state index contributed by atoms with van der Waals surface area (Å²) in [6, 6.07) is 7.45. The van der Waals surface area contributed by atoms with Crippen LogP contribution in [-0.2, 0) is 15.7 Å². The van der Waals surface area contributed by atoms with E-state index in [-0.39, 0.29) is 11.3 Å². The highest BCUT2D eigenvalue weighted by Crippen LogP contribution is 2.36. The highest BCUT2D eigenvalue weighted by molar-refractivity contribution is 6.31. The molecule has 0 aliphatic heterocycles. The average molecular weight is 376 g/mol. The van der Waals surface area contributed by atoms with Crippen molar-refractivity contribution in [2.75, 3.05) is 11.9 Å². The molecule has 0 radical (unpaired) electrons. The van der Waals surface area contributed by atoms with E-state index in [1.54, 1.807) is 0 Å². The minimum absolute atomic E-state index is 0.0985. The molecule has 0 heterocycles. The maximum absolute atomic E-state index is 13.0. The van der Waals surface area contributed by atoms with Gasteiger partial charge in [0.25, 0.3) is 5.91 Å². The third-order valence-electron chi connectivity index (χ3n) is 2.95. The van der Waals surface area contributed by atoms with Gasteiger partial charge in [-0.05, 0) is 36.4 Å². The molecule has 2 aromatic rings. The first-order chi connectivity index (χ1) is 11.7. The van der Waals surface area contributed by atoms with Crippen molar-refractivity contribution in [3.63, 3.8) is 0 Å². The minimum Gasteiger partial charge on any atom is -0.452 e. The number of alkyl halides is 3. The number of carbonyl (C=O) groups excluding carboxylic acids is 2. The van der Waals surface area contributed by atoms with Crippen LogP contribution < -0.4 is 5.32 Å². The van der Waals surface area contributed by atoms with Crippen LogP contribution in [0.2, 0.25) is 5.02 Å². The molecule has 0 unspecified atom stereocenters. The Morgan fingerprint density at radius 2 is 1.84 bits per heavy atom. The maximum atomic E-state index is 13.0. The smallest absolute Gasteiger partial charge is 0.417 e. The van der Waals surface area contributed by atoms with Gasteiger partial charge in [0.1, 0.15) is 5.82 Å². The Hall–Kier alpha value is -2.61. The lowest BCUT2D eigenvalue weighted by Crippen LogP contribution is -2.21. The lowest BCUT2D eigenvalue weighted by Gasteiger charge is -2.12. The summed E-state index contributed by atoms with van der Waals surface area (Å²) in [5, 5.41) is 1.64. The fourth-order valence-corrected chi connectivity index (χ4v) is 2.07. The Morgan fingerprint density at radius 3 is 2.48 bits per heavy atom. The normalized spacial score (nSPS) is 11.1. The number of halogens is 5. The fourth-order valence-electron chi connectivity index (χ4n) is 1.85. The van der Waals surface area contributed by atoms with E-state index in [0.717, 1.165) is 18.2 Å². The van der Waals surface area contributed by atoms with E-state index in [4.69, 9.17) is 11.6 Å². The van der Waals surface area contributed by atoms with E-state index in [0.29, 0.717) is 6.07 Å². The zero-order chi connectivity index (χ0) is 18.6. The van der Waals surface area contributed by atoms with Crippen LogP contribution in [0.15, 0.2) is 42.5 Å². The number of nitrogens with one attached hydrogen (secondary N) is 1. The molecule has 1 amide bonds. The molecule has 0 spiro atoms. The van der Waals surface area contributed by atoms with Crippen LogP contribution in [0, 0.1) is 5.82 Å². The molecule has 0 bridgehead atoms. The Balaban J connectivity index is 1.98. The van der Waals surface area contributed by atoms with Crippen LogP contribution in [0.4, 0.5) is 23.2 Å². The number of rotatable bonds is 4. The molecule has 132 valence electrons. The molecule has 0 aromatic heterocycles. The molecule has 0 aliphatic carbocycles. The van der Waals surface area contributed by atoms with Crippen LogP contribution >= 0.6 is 11.6 Å². The number of esters is 1. The molecule has 4 nitrogen and oxygen atoms in total. The van der Waals surface area contributed by atoms with Crippen molar-refractivity contribution >= 4 is 29.2 Å². The second kappa shape index (κ2) is 7.52. The molecule has 0 fully saturated rings. The van der Waals surface area contributed by atoms with Gasteiger partial charge >= 0.3 is 12.1 Å². The predicted octanol–water partition coefficient (Wildman–Crippen LogP) is 4.29. The van der Waals surface area contributed by atoms with Crippen molar-refractivity contribution in [2.45, 2.75) is 6.18 Å². The first-order valence-corrected chi connectivity index (χ1v) is 7.14. The molecular formula is C16H10ClF4NO3. The highest BCUT2D eigenvalue weighted by Gasteiger charge is 2.33. The molecular weight excluding hydrogens is 366 g/mol. The summed E-state index contributed by atoms with van der Waals surface area (Å²) in [7, 11) is 0. The third kappa shape index (κ3) is 5.18. The van der Waals surface area contributed by atoms with Gasteiger partial charge in [0.15, 0.2) is 6.61 Å². The monoisotopic (exact) mass is 375 g/mol. The minimum atomic E-state index is -4.68. The summed E-state index contributed by atoms with van der Waals surface area (Å²) in [6.45, 7) is -0.751.